The van der Waals surface area contributed by atoms with Gasteiger partial charge in [0, 0.05) is 24.0 Å². The van der Waals surface area contributed by atoms with Gasteiger partial charge in [0.2, 0.25) is 5.91 Å². The van der Waals surface area contributed by atoms with Crippen molar-refractivity contribution in [3.05, 3.63) is 57.9 Å². The predicted molar refractivity (Wildman–Crippen MR) is 111 cm³/mol. The molecule has 2 amide bonds. The quantitative estimate of drug-likeness (QED) is 0.729. The number of carbonyl (C=O) groups is 2. The Labute approximate surface area is 169 Å². The maximum absolute atomic E-state index is 12.9. The van der Waals surface area contributed by atoms with Gasteiger partial charge in [-0.3, -0.25) is 9.59 Å². The van der Waals surface area contributed by atoms with Crippen LogP contribution < -0.4 is 5.32 Å². The lowest BCUT2D eigenvalue weighted by Crippen LogP contribution is -2.30. The van der Waals surface area contributed by atoms with Crippen molar-refractivity contribution in [3.63, 3.8) is 0 Å². The smallest absolute Gasteiger partial charge is 0.266 e. The van der Waals surface area contributed by atoms with E-state index in [1.54, 1.807) is 12.3 Å². The van der Waals surface area contributed by atoms with E-state index in [-0.39, 0.29) is 17.9 Å². The molecule has 146 valence electrons. The summed E-state index contributed by atoms with van der Waals surface area (Å²) in [5, 5.41) is 2.82. The van der Waals surface area contributed by atoms with Crippen LogP contribution in [0.15, 0.2) is 48.2 Å². The lowest BCUT2D eigenvalue weighted by Gasteiger charge is -2.25. The van der Waals surface area contributed by atoms with Crippen LogP contribution in [-0.4, -0.2) is 28.2 Å². The van der Waals surface area contributed by atoms with E-state index < -0.39 is 0 Å². The van der Waals surface area contributed by atoms with E-state index in [0.29, 0.717) is 17.1 Å². The Morgan fingerprint density at radius 2 is 2.11 bits per heavy atom. The fourth-order valence-corrected chi connectivity index (χ4v) is 5.04. The summed E-state index contributed by atoms with van der Waals surface area (Å²) in [6.07, 6.45) is 11.0. The number of anilines is 1. The van der Waals surface area contributed by atoms with Crippen molar-refractivity contribution in [1.82, 2.24) is 9.88 Å². The molecule has 4 rings (SSSR count). The number of allylic oxidation sites excluding steroid dienone is 1. The number of carbonyl (C=O) groups excluding carboxylic acids is 2. The Kier molecular flexibility index (Phi) is 5.86. The molecule has 0 spiro atoms. The number of thiophene rings is 1. The molecule has 6 heteroatoms. The minimum Gasteiger partial charge on any atom is -0.335 e. The first-order valence-electron chi connectivity index (χ1n) is 10.0. The van der Waals surface area contributed by atoms with Crippen LogP contribution in [0.4, 0.5) is 5.82 Å². The van der Waals surface area contributed by atoms with Crippen LogP contribution in [0.25, 0.3) is 0 Å². The van der Waals surface area contributed by atoms with E-state index in [4.69, 9.17) is 0 Å². The summed E-state index contributed by atoms with van der Waals surface area (Å²) in [7, 11) is 0. The Bertz CT molecular complexity index is 875. The zero-order valence-electron chi connectivity index (χ0n) is 15.9. The number of nitrogens with one attached hydrogen (secondary N) is 1. The third-order valence-corrected chi connectivity index (χ3v) is 6.61. The summed E-state index contributed by atoms with van der Waals surface area (Å²) >= 11 is 1.48. The molecule has 1 N–H and O–H groups in total. The highest BCUT2D eigenvalue weighted by atomic mass is 32.1. The lowest BCUT2D eigenvalue weighted by molar-refractivity contribution is -0.131. The van der Waals surface area contributed by atoms with Crippen LogP contribution in [0.5, 0.6) is 0 Å². The van der Waals surface area contributed by atoms with Crippen LogP contribution in [0.1, 0.15) is 65.5 Å². The predicted octanol–water partition coefficient (Wildman–Crippen LogP) is 4.95. The van der Waals surface area contributed by atoms with Crippen LogP contribution in [0.2, 0.25) is 0 Å². The molecule has 0 radical (unpaired) electrons. The number of aromatic nitrogens is 1. The first-order chi connectivity index (χ1) is 13.7. The Morgan fingerprint density at radius 3 is 2.89 bits per heavy atom. The first kappa shape index (κ1) is 18.9. The number of amides is 2. The van der Waals surface area contributed by atoms with Gasteiger partial charge in [-0.05, 0) is 62.8 Å². The van der Waals surface area contributed by atoms with Gasteiger partial charge < -0.3 is 10.2 Å². The lowest BCUT2D eigenvalue weighted by atomic mass is 9.96. The molecule has 0 bridgehead atoms. The number of rotatable bonds is 5. The van der Waals surface area contributed by atoms with Crippen LogP contribution >= 0.6 is 11.3 Å². The first-order valence-corrected chi connectivity index (χ1v) is 10.8. The van der Waals surface area contributed by atoms with E-state index >= 15 is 0 Å². The number of nitrogens with zero attached hydrogens (tertiary/aromatic N) is 2. The molecule has 3 heterocycles. The van der Waals surface area contributed by atoms with Crippen LogP contribution in [0, 0.1) is 0 Å². The van der Waals surface area contributed by atoms with Gasteiger partial charge in [0.25, 0.3) is 5.91 Å². The molecule has 5 nitrogen and oxygen atoms in total. The molecular weight excluding hydrogens is 370 g/mol. The van der Waals surface area contributed by atoms with Gasteiger partial charge in [0.15, 0.2) is 0 Å². The molecule has 1 aliphatic heterocycles. The Hall–Kier alpha value is -2.47. The van der Waals surface area contributed by atoms with E-state index in [0.717, 1.165) is 37.1 Å². The zero-order chi connectivity index (χ0) is 19.3. The molecule has 0 unspecified atom stereocenters. The van der Waals surface area contributed by atoms with E-state index in [1.165, 1.54) is 29.8 Å². The van der Waals surface area contributed by atoms with Gasteiger partial charge >= 0.3 is 0 Å². The minimum atomic E-state index is -0.154. The van der Waals surface area contributed by atoms with Crippen molar-refractivity contribution in [3.8, 4) is 0 Å². The van der Waals surface area contributed by atoms with E-state index in [1.807, 2.05) is 29.2 Å². The van der Waals surface area contributed by atoms with Crippen molar-refractivity contribution in [2.45, 2.75) is 51.0 Å². The normalized spacial score (nSPS) is 19.4. The molecule has 28 heavy (non-hydrogen) atoms. The SMILES string of the molecule is O=C(Nc1ccccn1)c1ccc([C@@H]2CCCN2C(=O)CC2=CCCCC2)s1. The third-order valence-electron chi connectivity index (χ3n) is 5.42. The van der Waals surface area contributed by atoms with E-state index in [9.17, 15) is 9.59 Å². The van der Waals surface area contributed by atoms with Crippen molar-refractivity contribution >= 4 is 29.0 Å². The average molecular weight is 396 g/mol. The molecule has 1 fully saturated rings. The second kappa shape index (κ2) is 8.69. The molecule has 0 aromatic carbocycles. The summed E-state index contributed by atoms with van der Waals surface area (Å²) in [4.78, 5) is 33.3. The summed E-state index contributed by atoms with van der Waals surface area (Å²) < 4.78 is 0. The van der Waals surface area contributed by atoms with Gasteiger partial charge in [0.05, 0.1) is 10.9 Å². The Balaban J connectivity index is 1.42. The van der Waals surface area contributed by atoms with Gasteiger partial charge in [-0.15, -0.1) is 11.3 Å². The fourth-order valence-electron chi connectivity index (χ4n) is 3.99. The monoisotopic (exact) mass is 395 g/mol. The standard InChI is InChI=1S/C22H25N3O2S/c26-21(15-16-7-2-1-3-8-16)25-14-6-9-17(25)18-11-12-19(28-18)22(27)24-20-10-4-5-13-23-20/h4-5,7,10-13,17H,1-3,6,8-9,14-15H2,(H,23,24,27)/t17-/m0/s1. The van der Waals surface area contributed by atoms with Gasteiger partial charge in [-0.25, -0.2) is 4.98 Å². The molecule has 1 atom stereocenters. The highest BCUT2D eigenvalue weighted by Gasteiger charge is 2.31. The molecule has 0 saturated carbocycles. The van der Waals surface area contributed by atoms with Gasteiger partial charge in [0.1, 0.15) is 5.82 Å². The second-order valence-corrected chi connectivity index (χ2v) is 8.52. The largest absolute Gasteiger partial charge is 0.335 e. The van der Waals surface area contributed by atoms with Gasteiger partial charge in [-0.2, -0.15) is 0 Å². The molecule has 1 saturated heterocycles. The van der Waals surface area contributed by atoms with Crippen molar-refractivity contribution in [1.29, 1.82) is 0 Å². The highest BCUT2D eigenvalue weighted by molar-refractivity contribution is 7.14. The molecule has 2 aromatic rings. The van der Waals surface area contributed by atoms with Crippen LogP contribution in [-0.2, 0) is 4.79 Å². The maximum Gasteiger partial charge on any atom is 0.266 e. The topological polar surface area (TPSA) is 62.3 Å². The summed E-state index contributed by atoms with van der Waals surface area (Å²) in [5.41, 5.74) is 1.29. The number of pyridine rings is 1. The number of hydrogen-bond acceptors (Lipinski definition) is 4. The molecule has 2 aliphatic rings. The maximum atomic E-state index is 12.9. The van der Waals surface area contributed by atoms with Crippen LogP contribution in [0.3, 0.4) is 0 Å². The highest BCUT2D eigenvalue weighted by Crippen LogP contribution is 2.37. The third kappa shape index (κ3) is 4.33. The minimum absolute atomic E-state index is 0.0955. The zero-order valence-corrected chi connectivity index (χ0v) is 16.7. The second-order valence-electron chi connectivity index (χ2n) is 7.40. The summed E-state index contributed by atoms with van der Waals surface area (Å²) in [6, 6.07) is 9.36. The van der Waals surface area contributed by atoms with Crippen molar-refractivity contribution < 1.29 is 9.59 Å². The van der Waals surface area contributed by atoms with Crippen molar-refractivity contribution in [2.24, 2.45) is 0 Å². The summed E-state index contributed by atoms with van der Waals surface area (Å²) in [5.74, 6) is 0.614. The molecule has 2 aromatic heterocycles. The van der Waals surface area contributed by atoms with E-state index in [2.05, 4.69) is 16.4 Å². The molecular formula is C22H25N3O2S. The average Bonchev–Trinajstić information content (AvgIpc) is 3.39. The number of hydrogen-bond donors (Lipinski definition) is 1. The molecule has 1 aliphatic carbocycles. The van der Waals surface area contributed by atoms with Gasteiger partial charge in [-0.1, -0.05) is 17.7 Å². The summed E-state index contributed by atoms with van der Waals surface area (Å²) in [6.45, 7) is 0.810. The fraction of sp³-hybridized carbons (Fsp3) is 0.409. The Morgan fingerprint density at radius 1 is 1.18 bits per heavy atom. The van der Waals surface area contributed by atoms with Crippen molar-refractivity contribution in [2.75, 3.05) is 11.9 Å². The number of likely N-dealkylation sites (tertiary alicyclic amines) is 1.